The average Bonchev–Trinajstić information content (AvgIpc) is 3.50. The molecule has 176 valence electrons. The average molecular weight is 480 g/mol. The van der Waals surface area contributed by atoms with Gasteiger partial charge in [0, 0.05) is 23.4 Å². The summed E-state index contributed by atoms with van der Waals surface area (Å²) in [6, 6.07) is 12.1. The Morgan fingerprint density at radius 2 is 1.88 bits per heavy atom. The largest absolute Gasteiger partial charge is 0.490 e. The molecule has 9 nitrogen and oxygen atoms in total. The minimum atomic E-state index is -0.364. The van der Waals surface area contributed by atoms with E-state index in [1.165, 1.54) is 22.1 Å². The molecule has 0 spiro atoms. The molecule has 34 heavy (non-hydrogen) atoms. The number of hydrogen-bond acceptors (Lipinski definition) is 7. The molecular formula is C24H25N5O4S. The molecule has 0 unspecified atom stereocenters. The number of carbonyl (C=O) groups excluding carboxylic acids is 1. The fourth-order valence-corrected chi connectivity index (χ4v) is 4.01. The maximum atomic E-state index is 13.2. The molecule has 0 aliphatic carbocycles. The van der Waals surface area contributed by atoms with Gasteiger partial charge in [0.1, 0.15) is 11.5 Å². The number of carbonyl (C=O) groups is 1. The second-order valence-corrected chi connectivity index (χ2v) is 8.15. The third-order valence-electron chi connectivity index (χ3n) is 4.88. The normalized spacial score (nSPS) is 10.8. The molecular weight excluding hydrogens is 454 g/mol. The highest BCUT2D eigenvalue weighted by atomic mass is 32.1. The number of thiophene rings is 1. The van der Waals surface area contributed by atoms with E-state index in [4.69, 9.17) is 9.47 Å². The van der Waals surface area contributed by atoms with E-state index in [1.807, 2.05) is 38.3 Å². The Bertz CT molecular complexity index is 1340. The van der Waals surface area contributed by atoms with Crippen LogP contribution in [0.1, 0.15) is 36.8 Å². The van der Waals surface area contributed by atoms with E-state index in [0.29, 0.717) is 53.9 Å². The highest BCUT2D eigenvalue weighted by molar-refractivity contribution is 7.13. The van der Waals surface area contributed by atoms with E-state index in [0.717, 1.165) is 4.88 Å². The zero-order chi connectivity index (χ0) is 24.1. The van der Waals surface area contributed by atoms with Gasteiger partial charge in [0.15, 0.2) is 11.5 Å². The first-order valence-electron chi connectivity index (χ1n) is 11.0. The van der Waals surface area contributed by atoms with Crippen LogP contribution in [-0.4, -0.2) is 38.9 Å². The number of rotatable bonds is 9. The molecule has 1 amide bonds. The quantitative estimate of drug-likeness (QED) is 0.370. The van der Waals surface area contributed by atoms with Crippen molar-refractivity contribution in [2.24, 2.45) is 0 Å². The number of benzene rings is 1. The van der Waals surface area contributed by atoms with E-state index >= 15 is 0 Å². The fraction of sp³-hybridized carbons (Fsp3) is 0.250. The number of anilines is 1. The van der Waals surface area contributed by atoms with Crippen molar-refractivity contribution in [2.75, 3.05) is 18.5 Å². The molecule has 0 bridgehead atoms. The lowest BCUT2D eigenvalue weighted by molar-refractivity contribution is 0.102. The van der Waals surface area contributed by atoms with Gasteiger partial charge in [-0.1, -0.05) is 13.0 Å². The number of nitrogens with one attached hydrogen (secondary N) is 2. The topological polar surface area (TPSA) is 111 Å². The summed E-state index contributed by atoms with van der Waals surface area (Å²) in [4.78, 5) is 33.5. The van der Waals surface area contributed by atoms with E-state index in [1.54, 1.807) is 24.3 Å². The third-order valence-corrected chi connectivity index (χ3v) is 5.77. The Morgan fingerprint density at radius 1 is 1.09 bits per heavy atom. The van der Waals surface area contributed by atoms with E-state index < -0.39 is 0 Å². The Balaban J connectivity index is 1.73. The molecule has 0 fully saturated rings. The number of aryl methyl sites for hydroxylation is 1. The van der Waals surface area contributed by atoms with E-state index in [2.05, 4.69) is 20.4 Å². The summed E-state index contributed by atoms with van der Waals surface area (Å²) in [5.74, 6) is 1.30. The van der Waals surface area contributed by atoms with Gasteiger partial charge in [-0.25, -0.2) is 4.98 Å². The Hall–Kier alpha value is -3.92. The SMILES string of the molecule is CCOc1ccc(C(=O)Nc2cc(-c3cccs3)nn2-c2nc(CC)cc(=O)[nH]2)cc1OCC. The number of amides is 1. The molecule has 0 aliphatic heterocycles. The number of aromatic nitrogens is 4. The summed E-state index contributed by atoms with van der Waals surface area (Å²) >= 11 is 1.52. The predicted octanol–water partition coefficient (Wildman–Crippen LogP) is 4.30. The summed E-state index contributed by atoms with van der Waals surface area (Å²) in [5, 5.41) is 9.44. The van der Waals surface area contributed by atoms with Crippen molar-refractivity contribution in [3.8, 4) is 28.0 Å². The Kier molecular flexibility index (Phi) is 7.07. The van der Waals surface area contributed by atoms with Crippen LogP contribution in [0.25, 0.3) is 16.5 Å². The van der Waals surface area contributed by atoms with Gasteiger partial charge in [-0.05, 0) is 49.9 Å². The molecule has 0 saturated carbocycles. The zero-order valence-corrected chi connectivity index (χ0v) is 19.9. The van der Waals surface area contributed by atoms with Gasteiger partial charge in [0.2, 0.25) is 5.95 Å². The molecule has 4 aromatic rings. The summed E-state index contributed by atoms with van der Waals surface area (Å²) in [5.41, 5.74) is 1.37. The molecule has 3 aromatic heterocycles. The summed E-state index contributed by atoms with van der Waals surface area (Å²) in [6.07, 6.45) is 0.587. The monoisotopic (exact) mass is 479 g/mol. The summed E-state index contributed by atoms with van der Waals surface area (Å²) in [7, 11) is 0. The third kappa shape index (κ3) is 5.01. The van der Waals surface area contributed by atoms with Crippen molar-refractivity contribution in [3.05, 3.63) is 69.5 Å². The molecule has 2 N–H and O–H groups in total. The number of ether oxygens (including phenoxy) is 2. The van der Waals surface area contributed by atoms with Crippen molar-refractivity contribution in [3.63, 3.8) is 0 Å². The van der Waals surface area contributed by atoms with Crippen molar-refractivity contribution >= 4 is 23.1 Å². The minimum absolute atomic E-state index is 0.226. The van der Waals surface area contributed by atoms with Gasteiger partial charge < -0.3 is 14.8 Å². The maximum Gasteiger partial charge on any atom is 0.256 e. The molecule has 10 heteroatoms. The van der Waals surface area contributed by atoms with Gasteiger partial charge in [-0.2, -0.15) is 9.78 Å². The Morgan fingerprint density at radius 3 is 2.59 bits per heavy atom. The lowest BCUT2D eigenvalue weighted by atomic mass is 10.2. The predicted molar refractivity (Wildman–Crippen MR) is 131 cm³/mol. The highest BCUT2D eigenvalue weighted by Gasteiger charge is 2.18. The summed E-state index contributed by atoms with van der Waals surface area (Å²) in [6.45, 7) is 6.59. The maximum absolute atomic E-state index is 13.2. The highest BCUT2D eigenvalue weighted by Crippen LogP contribution is 2.30. The standard InChI is InChI=1S/C24H25N5O4S/c1-4-16-13-22(30)27-24(25-16)29-21(14-17(28-29)20-8-7-11-34-20)26-23(31)15-9-10-18(32-5-2)19(12-15)33-6-3/h7-14H,4-6H2,1-3H3,(H,26,31)(H,25,27,30). The first kappa shape index (κ1) is 23.2. The van der Waals surface area contributed by atoms with Crippen molar-refractivity contribution in [1.29, 1.82) is 0 Å². The zero-order valence-electron chi connectivity index (χ0n) is 19.1. The first-order valence-corrected chi connectivity index (χ1v) is 11.9. The van der Waals surface area contributed by atoms with E-state index in [9.17, 15) is 9.59 Å². The number of H-pyrrole nitrogens is 1. The van der Waals surface area contributed by atoms with Crippen LogP contribution in [0.2, 0.25) is 0 Å². The number of aromatic amines is 1. The number of nitrogens with zero attached hydrogens (tertiary/aromatic N) is 3. The molecule has 4 rings (SSSR count). The second kappa shape index (κ2) is 10.3. The lowest BCUT2D eigenvalue weighted by Crippen LogP contribution is -2.19. The van der Waals surface area contributed by atoms with Gasteiger partial charge in [-0.15, -0.1) is 11.3 Å². The lowest BCUT2D eigenvalue weighted by Gasteiger charge is -2.13. The molecule has 3 heterocycles. The summed E-state index contributed by atoms with van der Waals surface area (Å²) < 4.78 is 12.7. The smallest absolute Gasteiger partial charge is 0.256 e. The van der Waals surface area contributed by atoms with Gasteiger partial charge in [0.25, 0.3) is 11.5 Å². The molecule has 1 aromatic carbocycles. The van der Waals surface area contributed by atoms with Gasteiger partial charge >= 0.3 is 0 Å². The van der Waals surface area contributed by atoms with Crippen LogP contribution in [0.3, 0.4) is 0 Å². The van der Waals surface area contributed by atoms with Crippen LogP contribution in [0.4, 0.5) is 5.82 Å². The molecule has 0 radical (unpaired) electrons. The molecule has 0 atom stereocenters. The van der Waals surface area contributed by atoms with Crippen molar-refractivity contribution in [1.82, 2.24) is 19.7 Å². The van der Waals surface area contributed by atoms with Gasteiger partial charge in [-0.3, -0.25) is 14.6 Å². The first-order chi connectivity index (χ1) is 16.5. The van der Waals surface area contributed by atoms with Crippen LogP contribution in [0.5, 0.6) is 11.5 Å². The Labute approximate surface area is 200 Å². The van der Waals surface area contributed by atoms with Crippen LogP contribution >= 0.6 is 11.3 Å². The second-order valence-electron chi connectivity index (χ2n) is 7.20. The van der Waals surface area contributed by atoms with Crippen molar-refractivity contribution < 1.29 is 14.3 Å². The fourth-order valence-electron chi connectivity index (χ4n) is 3.33. The van der Waals surface area contributed by atoms with E-state index in [-0.39, 0.29) is 17.4 Å². The van der Waals surface area contributed by atoms with Crippen LogP contribution in [0.15, 0.2) is 52.6 Å². The van der Waals surface area contributed by atoms with Crippen LogP contribution < -0.4 is 20.3 Å². The van der Waals surface area contributed by atoms with Crippen molar-refractivity contribution in [2.45, 2.75) is 27.2 Å². The van der Waals surface area contributed by atoms with Crippen LogP contribution in [0, 0.1) is 0 Å². The minimum Gasteiger partial charge on any atom is -0.490 e. The molecule has 0 aliphatic rings. The van der Waals surface area contributed by atoms with Crippen LogP contribution in [-0.2, 0) is 6.42 Å². The van der Waals surface area contributed by atoms with Gasteiger partial charge in [0.05, 0.1) is 18.1 Å². The molecule has 0 saturated heterocycles. The number of hydrogen-bond donors (Lipinski definition) is 2.